The lowest BCUT2D eigenvalue weighted by Gasteiger charge is -2.33. The van der Waals surface area contributed by atoms with Crippen LogP contribution in [0.15, 0.2) is 133 Å². The number of halogens is 9. The minimum atomic E-state index is -6.88. The third-order valence-electron chi connectivity index (χ3n) is 13.1. The van der Waals surface area contributed by atoms with Gasteiger partial charge in [-0.25, -0.2) is 19.2 Å². The van der Waals surface area contributed by atoms with E-state index < -0.39 is 60.7 Å². The van der Waals surface area contributed by atoms with Gasteiger partial charge in [0, 0.05) is 6.42 Å². The molecule has 0 atom stereocenters. The molecule has 6 aromatic rings. The van der Waals surface area contributed by atoms with E-state index in [0.29, 0.717) is 48.3 Å². The molecule has 0 unspecified atom stereocenters. The van der Waals surface area contributed by atoms with Gasteiger partial charge >= 0.3 is 47.8 Å². The highest BCUT2D eigenvalue weighted by Gasteiger charge is 2.81. The zero-order valence-corrected chi connectivity index (χ0v) is 44.6. The van der Waals surface area contributed by atoms with Gasteiger partial charge in [0.1, 0.15) is 34.5 Å². The van der Waals surface area contributed by atoms with Crippen LogP contribution >= 0.6 is 0 Å². The highest BCUT2D eigenvalue weighted by Crippen LogP contribution is 2.54. The lowest BCUT2D eigenvalue weighted by Crippen LogP contribution is -2.60. The van der Waals surface area contributed by atoms with E-state index in [9.17, 15) is 58.7 Å². The molecule has 0 bridgehead atoms. The average molecular weight is 1140 g/mol. The highest BCUT2D eigenvalue weighted by atomic mass is 19.4. The minimum Gasteiger partial charge on any atom is -0.494 e. The Hall–Kier alpha value is -7.57. The molecule has 0 saturated heterocycles. The van der Waals surface area contributed by atoms with Gasteiger partial charge in [0.2, 0.25) is 0 Å². The number of rotatable bonds is 32. The predicted molar refractivity (Wildman–Crippen MR) is 286 cm³/mol. The molecule has 0 N–H and O–H groups in total. The molecule has 6 rings (SSSR count). The largest absolute Gasteiger partial charge is 0.494 e. The van der Waals surface area contributed by atoms with Crippen LogP contribution in [0, 0.1) is 0 Å². The number of hydrogen-bond acceptors (Lipinski definition) is 10. The van der Waals surface area contributed by atoms with Crippen molar-refractivity contribution in [2.75, 3.05) is 13.2 Å². The Morgan fingerprint density at radius 2 is 0.630 bits per heavy atom. The van der Waals surface area contributed by atoms with Crippen LogP contribution in [0.2, 0.25) is 0 Å². The molecule has 0 radical (unpaired) electrons. The van der Waals surface area contributed by atoms with Crippen LogP contribution in [0.5, 0.6) is 34.5 Å². The van der Waals surface area contributed by atoms with Gasteiger partial charge in [0.25, 0.3) is 0 Å². The number of fused-ring (bicyclic) bond motifs is 1. The lowest BCUT2D eigenvalue weighted by molar-refractivity contribution is -0.396. The molecule has 19 heteroatoms. The van der Waals surface area contributed by atoms with E-state index in [1.807, 2.05) is 0 Å². The summed E-state index contributed by atoms with van der Waals surface area (Å²) in [5, 5.41) is 1.38. The Bertz CT molecular complexity index is 2960. The molecule has 81 heavy (non-hydrogen) atoms. The van der Waals surface area contributed by atoms with E-state index in [2.05, 4.69) is 6.92 Å². The molecule has 434 valence electrons. The molecule has 0 saturated carbocycles. The van der Waals surface area contributed by atoms with Gasteiger partial charge in [-0.2, -0.15) is 39.5 Å². The molecule has 0 aliphatic heterocycles. The van der Waals surface area contributed by atoms with E-state index in [1.165, 1.54) is 124 Å². The first-order chi connectivity index (χ1) is 38.7. The number of esters is 4. The zero-order chi connectivity index (χ0) is 58.5. The maximum absolute atomic E-state index is 13.7. The molecule has 10 nitrogen and oxygen atoms in total. The topological polar surface area (TPSA) is 124 Å². The van der Waals surface area contributed by atoms with Crippen LogP contribution in [0.4, 0.5) is 39.5 Å². The number of benzene rings is 6. The van der Waals surface area contributed by atoms with Crippen LogP contribution in [-0.4, -0.2) is 61.0 Å². The number of hydrogen-bond donors (Lipinski definition) is 0. The molecule has 0 heterocycles. The summed E-state index contributed by atoms with van der Waals surface area (Å²) in [6.45, 7) is 3.05. The second-order valence-corrected chi connectivity index (χ2v) is 19.4. The molecular formula is C62H63F9O10. The van der Waals surface area contributed by atoms with Crippen LogP contribution in [0.3, 0.4) is 0 Å². The van der Waals surface area contributed by atoms with Crippen molar-refractivity contribution in [3.8, 4) is 34.5 Å². The van der Waals surface area contributed by atoms with Gasteiger partial charge < -0.3 is 28.4 Å². The van der Waals surface area contributed by atoms with Crippen LogP contribution < -0.4 is 28.4 Å². The fourth-order valence-electron chi connectivity index (χ4n) is 8.38. The highest BCUT2D eigenvalue weighted by molar-refractivity contribution is 5.95. The summed E-state index contributed by atoms with van der Waals surface area (Å²) in [5.41, 5.74) is 0.882. The Kier molecular flexibility index (Phi) is 23.0. The standard InChI is InChI=1S/C62H63F9O10/c1-2-3-4-5-6-7-8-10-13-16-39-76-49-28-20-44(21-29-49)55(72)78-51-32-24-46(25-33-51)57(74)80-53-36-18-43-19-37-54(42-48(43)41-53)81-58(75)47-26-34-52(35-27-47)79-56(73)45-22-30-50(31-23-45)77-40-17-14-11-9-12-15-38-59(63,64)60(65,66)61(67,68)62(69,70)71/h18-37,41-42H,2-17,38-40H2,1H3. The van der Waals surface area contributed by atoms with Crippen molar-refractivity contribution in [1.82, 2.24) is 0 Å². The van der Waals surface area contributed by atoms with Gasteiger partial charge in [-0.1, -0.05) is 103 Å². The molecule has 0 aromatic heterocycles. The summed E-state index contributed by atoms with van der Waals surface area (Å²) in [7, 11) is 0. The van der Waals surface area contributed by atoms with Gasteiger partial charge in [0.05, 0.1) is 35.5 Å². The summed E-state index contributed by atoms with van der Waals surface area (Å²) in [6.07, 6.45) is 4.64. The summed E-state index contributed by atoms with van der Waals surface area (Å²) >= 11 is 0. The lowest BCUT2D eigenvalue weighted by atomic mass is 9.98. The molecular weight excluding hydrogens is 1080 g/mol. The normalized spacial score (nSPS) is 12.0. The fourth-order valence-corrected chi connectivity index (χ4v) is 8.38. The van der Waals surface area contributed by atoms with Crippen molar-refractivity contribution in [2.24, 2.45) is 0 Å². The van der Waals surface area contributed by atoms with E-state index in [4.69, 9.17) is 28.4 Å². The molecule has 0 aliphatic rings. The van der Waals surface area contributed by atoms with Crippen molar-refractivity contribution in [3.05, 3.63) is 156 Å². The molecule has 6 aromatic carbocycles. The van der Waals surface area contributed by atoms with E-state index in [1.54, 1.807) is 60.7 Å². The summed E-state index contributed by atoms with van der Waals surface area (Å²) in [5.74, 6) is -19.8. The number of alkyl halides is 9. The summed E-state index contributed by atoms with van der Waals surface area (Å²) < 4.78 is 151. The predicted octanol–water partition coefficient (Wildman–Crippen LogP) is 17.6. The first kappa shape index (κ1) is 62.6. The van der Waals surface area contributed by atoms with Crippen LogP contribution in [-0.2, 0) is 0 Å². The maximum atomic E-state index is 13.7. The van der Waals surface area contributed by atoms with Gasteiger partial charge in [-0.05, 0) is 151 Å². The summed E-state index contributed by atoms with van der Waals surface area (Å²) in [4.78, 5) is 51.9. The number of ether oxygens (including phenoxy) is 6. The molecule has 0 spiro atoms. The van der Waals surface area contributed by atoms with Gasteiger partial charge in [0.15, 0.2) is 0 Å². The van der Waals surface area contributed by atoms with E-state index in [-0.39, 0.29) is 59.1 Å². The van der Waals surface area contributed by atoms with Crippen molar-refractivity contribution in [3.63, 3.8) is 0 Å². The smallest absolute Gasteiger partial charge is 0.460 e. The van der Waals surface area contributed by atoms with Crippen molar-refractivity contribution in [2.45, 2.75) is 140 Å². The second-order valence-electron chi connectivity index (χ2n) is 19.4. The monoisotopic (exact) mass is 1140 g/mol. The Balaban J connectivity index is 0.870. The van der Waals surface area contributed by atoms with Crippen LogP contribution in [0.1, 0.15) is 158 Å². The Morgan fingerprint density at radius 1 is 0.333 bits per heavy atom. The first-order valence-corrected chi connectivity index (χ1v) is 27.0. The number of carbonyl (C=O) groups is 4. The number of carbonyl (C=O) groups excluding carboxylic acids is 4. The fraction of sp³-hybridized carbons (Fsp3) is 0.387. The van der Waals surface area contributed by atoms with Gasteiger partial charge in [-0.3, -0.25) is 0 Å². The molecule has 0 amide bonds. The molecule has 0 fully saturated rings. The Morgan fingerprint density at radius 3 is 0.975 bits per heavy atom. The second kappa shape index (κ2) is 29.8. The summed E-state index contributed by atoms with van der Waals surface area (Å²) in [6, 6.07) is 34.2. The Labute approximate surface area is 463 Å². The van der Waals surface area contributed by atoms with Crippen molar-refractivity contribution in [1.29, 1.82) is 0 Å². The van der Waals surface area contributed by atoms with Crippen molar-refractivity contribution >= 4 is 34.6 Å². The van der Waals surface area contributed by atoms with Crippen molar-refractivity contribution < 1.29 is 87.1 Å². The van der Waals surface area contributed by atoms with E-state index >= 15 is 0 Å². The quantitative estimate of drug-likeness (QED) is 0.0175. The molecule has 0 aliphatic carbocycles. The SMILES string of the molecule is CCCCCCCCCCCCOc1ccc(C(=O)Oc2ccc(C(=O)Oc3ccc4ccc(OC(=O)c5ccc(OC(=O)c6ccc(OCCCCCCCCC(F)(F)C(F)(F)C(F)(F)C(F)(F)F)cc6)cc5)cc4c3)cc2)cc1. The third kappa shape index (κ3) is 18.5. The first-order valence-electron chi connectivity index (χ1n) is 27.0. The maximum Gasteiger partial charge on any atom is 0.460 e. The zero-order valence-electron chi connectivity index (χ0n) is 44.6. The average Bonchev–Trinajstić information content (AvgIpc) is 3.45. The van der Waals surface area contributed by atoms with Gasteiger partial charge in [-0.15, -0.1) is 0 Å². The van der Waals surface area contributed by atoms with Crippen LogP contribution in [0.25, 0.3) is 10.8 Å². The third-order valence-corrected chi connectivity index (χ3v) is 13.1. The minimum absolute atomic E-state index is 0.0893. The number of unbranched alkanes of at least 4 members (excludes halogenated alkanes) is 14. The van der Waals surface area contributed by atoms with E-state index in [0.717, 1.165) is 18.2 Å².